The molecule has 0 bridgehead atoms. The van der Waals surface area contributed by atoms with Crippen LogP contribution in [0.3, 0.4) is 0 Å². The quantitative estimate of drug-likeness (QED) is 0.442. The van der Waals surface area contributed by atoms with Crippen LogP contribution in [-0.4, -0.2) is 24.1 Å². The zero-order valence-electron chi connectivity index (χ0n) is 14.4. The Balaban J connectivity index is 2.29. The lowest BCUT2D eigenvalue weighted by Crippen LogP contribution is -2.28. The molecule has 1 aliphatic heterocycles. The maximum absolute atomic E-state index is 12.0. The van der Waals surface area contributed by atoms with Gasteiger partial charge < -0.3 is 9.47 Å². The molecule has 1 aliphatic carbocycles. The smallest absolute Gasteiger partial charge is 0.334 e. The van der Waals surface area contributed by atoms with Crippen molar-refractivity contribution in [3.8, 4) is 0 Å². The number of rotatable bonds is 2. The van der Waals surface area contributed by atoms with E-state index in [1.807, 2.05) is 33.8 Å². The molecule has 1 fully saturated rings. The molecule has 3 unspecified atom stereocenters. The minimum absolute atomic E-state index is 0.149. The van der Waals surface area contributed by atoms with Crippen molar-refractivity contribution in [3.05, 3.63) is 35.5 Å². The van der Waals surface area contributed by atoms with Gasteiger partial charge in [0, 0.05) is 11.5 Å². The maximum atomic E-state index is 12.0. The summed E-state index contributed by atoms with van der Waals surface area (Å²) < 4.78 is 11.1. The summed E-state index contributed by atoms with van der Waals surface area (Å²) in [6.07, 6.45) is 5.80. The molecular weight excluding hydrogens is 292 g/mol. The summed E-state index contributed by atoms with van der Waals surface area (Å²) in [5.74, 6) is -0.900. The molecule has 0 aromatic rings. The monoisotopic (exact) mass is 318 g/mol. The first-order valence-electron chi connectivity index (χ1n) is 8.23. The Labute approximate surface area is 138 Å². The fourth-order valence-corrected chi connectivity index (χ4v) is 2.91. The van der Waals surface area contributed by atoms with E-state index in [1.54, 1.807) is 0 Å². The van der Waals surface area contributed by atoms with Gasteiger partial charge in [0.25, 0.3) is 0 Å². The van der Waals surface area contributed by atoms with Crippen LogP contribution in [0.25, 0.3) is 0 Å². The summed E-state index contributed by atoms with van der Waals surface area (Å²) in [4.78, 5) is 23.9. The second-order valence-electron chi connectivity index (χ2n) is 6.82. The zero-order chi connectivity index (χ0) is 17.1. The standard InChI is InChI=1S/C19H26O4/c1-11(2)18(20)22-16-10-15-14(5)19(21)23-17(15)9-12(3)7-6-8-13(16)4/h8-9,11,15-17H,5-7,10H2,1-4H3. The van der Waals surface area contributed by atoms with Gasteiger partial charge in [0.15, 0.2) is 0 Å². The number of carbonyl (C=O) groups excluding carboxylic acids is 2. The zero-order valence-corrected chi connectivity index (χ0v) is 14.4. The Kier molecular flexibility index (Phi) is 5.45. The van der Waals surface area contributed by atoms with Crippen molar-refractivity contribution < 1.29 is 19.1 Å². The van der Waals surface area contributed by atoms with Crippen LogP contribution in [0.5, 0.6) is 0 Å². The number of ether oxygens (including phenoxy) is 2. The van der Waals surface area contributed by atoms with E-state index in [0.29, 0.717) is 12.0 Å². The van der Waals surface area contributed by atoms with Gasteiger partial charge in [-0.15, -0.1) is 0 Å². The largest absolute Gasteiger partial charge is 0.458 e. The molecule has 126 valence electrons. The van der Waals surface area contributed by atoms with Crippen LogP contribution < -0.4 is 0 Å². The van der Waals surface area contributed by atoms with E-state index in [-0.39, 0.29) is 36.0 Å². The van der Waals surface area contributed by atoms with E-state index in [1.165, 1.54) is 5.57 Å². The first kappa shape index (κ1) is 17.5. The molecule has 0 radical (unpaired) electrons. The predicted octanol–water partition coefficient (Wildman–Crippen LogP) is 3.73. The fourth-order valence-electron chi connectivity index (χ4n) is 2.91. The SMILES string of the molecule is C=C1C(=O)OC2C=C(C)CCC=C(C)C(OC(=O)C(C)C)CC12. The molecule has 0 saturated carbocycles. The van der Waals surface area contributed by atoms with Gasteiger partial charge in [-0.2, -0.15) is 0 Å². The van der Waals surface area contributed by atoms with Crippen molar-refractivity contribution in [2.45, 2.75) is 59.2 Å². The van der Waals surface area contributed by atoms with Crippen molar-refractivity contribution in [2.75, 3.05) is 0 Å². The van der Waals surface area contributed by atoms with Gasteiger partial charge in [-0.05, 0) is 44.8 Å². The van der Waals surface area contributed by atoms with Crippen molar-refractivity contribution in [1.82, 2.24) is 0 Å². The van der Waals surface area contributed by atoms with Gasteiger partial charge in [-0.3, -0.25) is 4.79 Å². The lowest BCUT2D eigenvalue weighted by Gasteiger charge is -2.25. The molecule has 3 atom stereocenters. The van der Waals surface area contributed by atoms with Crippen LogP contribution in [0.2, 0.25) is 0 Å². The number of fused-ring (bicyclic) bond motifs is 1. The fraction of sp³-hybridized carbons (Fsp3) is 0.579. The number of carbonyl (C=O) groups is 2. The van der Waals surface area contributed by atoms with Crippen LogP contribution in [-0.2, 0) is 19.1 Å². The molecular formula is C19H26O4. The van der Waals surface area contributed by atoms with Crippen LogP contribution in [0.15, 0.2) is 35.5 Å². The summed E-state index contributed by atoms with van der Waals surface area (Å²) in [5, 5.41) is 0. The average molecular weight is 318 g/mol. The van der Waals surface area contributed by atoms with E-state index < -0.39 is 0 Å². The maximum Gasteiger partial charge on any atom is 0.334 e. The first-order valence-corrected chi connectivity index (χ1v) is 8.23. The number of esters is 2. The van der Waals surface area contributed by atoms with Crippen LogP contribution in [0.1, 0.15) is 47.0 Å². The van der Waals surface area contributed by atoms with E-state index in [2.05, 4.69) is 12.7 Å². The van der Waals surface area contributed by atoms with Crippen LogP contribution in [0, 0.1) is 11.8 Å². The Bertz CT molecular complexity index is 568. The van der Waals surface area contributed by atoms with Crippen molar-refractivity contribution in [2.24, 2.45) is 11.8 Å². The van der Waals surface area contributed by atoms with Crippen molar-refractivity contribution >= 4 is 11.9 Å². The number of hydrogen-bond acceptors (Lipinski definition) is 4. The molecule has 0 N–H and O–H groups in total. The van der Waals surface area contributed by atoms with Gasteiger partial charge in [0.2, 0.25) is 0 Å². The average Bonchev–Trinajstić information content (AvgIpc) is 2.73. The molecule has 0 amide bonds. The Morgan fingerprint density at radius 3 is 2.74 bits per heavy atom. The molecule has 4 nitrogen and oxygen atoms in total. The molecule has 0 aromatic heterocycles. The van der Waals surface area contributed by atoms with Gasteiger partial charge in [-0.1, -0.05) is 32.1 Å². The first-order chi connectivity index (χ1) is 10.8. The minimum Gasteiger partial charge on any atom is -0.458 e. The molecule has 2 aliphatic rings. The molecule has 2 rings (SSSR count). The summed E-state index contributed by atoms with van der Waals surface area (Å²) in [7, 11) is 0. The molecule has 0 spiro atoms. The topological polar surface area (TPSA) is 52.6 Å². The van der Waals surface area contributed by atoms with E-state index in [4.69, 9.17) is 9.47 Å². The van der Waals surface area contributed by atoms with Gasteiger partial charge in [0.05, 0.1) is 5.92 Å². The van der Waals surface area contributed by atoms with E-state index in [9.17, 15) is 9.59 Å². The van der Waals surface area contributed by atoms with Crippen molar-refractivity contribution in [1.29, 1.82) is 0 Å². The van der Waals surface area contributed by atoms with Gasteiger partial charge in [0.1, 0.15) is 12.2 Å². The number of allylic oxidation sites excluding steroid dienone is 2. The van der Waals surface area contributed by atoms with Crippen LogP contribution >= 0.6 is 0 Å². The summed E-state index contributed by atoms with van der Waals surface area (Å²) >= 11 is 0. The van der Waals surface area contributed by atoms with Crippen LogP contribution in [0.4, 0.5) is 0 Å². The normalized spacial score (nSPS) is 28.7. The highest BCUT2D eigenvalue weighted by molar-refractivity contribution is 5.91. The van der Waals surface area contributed by atoms with Gasteiger partial charge in [-0.25, -0.2) is 4.79 Å². The Hall–Kier alpha value is -1.84. The summed E-state index contributed by atoms with van der Waals surface area (Å²) in [6.45, 7) is 11.5. The Morgan fingerprint density at radius 2 is 2.09 bits per heavy atom. The third kappa shape index (κ3) is 4.12. The third-order valence-corrected chi connectivity index (χ3v) is 4.51. The molecule has 23 heavy (non-hydrogen) atoms. The second-order valence-corrected chi connectivity index (χ2v) is 6.82. The third-order valence-electron chi connectivity index (χ3n) is 4.51. The van der Waals surface area contributed by atoms with E-state index >= 15 is 0 Å². The lowest BCUT2D eigenvalue weighted by molar-refractivity contribution is -0.152. The molecule has 0 aromatic carbocycles. The number of hydrogen-bond donors (Lipinski definition) is 0. The highest BCUT2D eigenvalue weighted by Crippen LogP contribution is 2.35. The molecule has 4 heteroatoms. The van der Waals surface area contributed by atoms with Crippen molar-refractivity contribution in [3.63, 3.8) is 0 Å². The van der Waals surface area contributed by atoms with Gasteiger partial charge >= 0.3 is 11.9 Å². The molecule has 1 saturated heterocycles. The predicted molar refractivity (Wildman–Crippen MR) is 88.6 cm³/mol. The second kappa shape index (κ2) is 7.16. The van der Waals surface area contributed by atoms with E-state index in [0.717, 1.165) is 18.4 Å². The molecule has 1 heterocycles. The summed E-state index contributed by atoms with van der Waals surface area (Å²) in [6, 6.07) is 0. The lowest BCUT2D eigenvalue weighted by atomic mass is 9.86. The highest BCUT2D eigenvalue weighted by atomic mass is 16.6. The summed E-state index contributed by atoms with van der Waals surface area (Å²) in [5.41, 5.74) is 2.70. The highest BCUT2D eigenvalue weighted by Gasteiger charge is 2.40. The minimum atomic E-state index is -0.348. The Morgan fingerprint density at radius 1 is 1.39 bits per heavy atom.